The molecule has 0 saturated carbocycles. The number of ether oxygens (including phenoxy) is 4. The highest BCUT2D eigenvalue weighted by atomic mass is 32.2. The van der Waals surface area contributed by atoms with E-state index in [9.17, 15) is 13.2 Å². The van der Waals surface area contributed by atoms with Crippen molar-refractivity contribution < 1.29 is 37.3 Å². The van der Waals surface area contributed by atoms with E-state index in [0.29, 0.717) is 53.4 Å². The van der Waals surface area contributed by atoms with Gasteiger partial charge in [0.15, 0.2) is 33.0 Å². The third kappa shape index (κ3) is 8.83. The lowest BCUT2D eigenvalue weighted by Gasteiger charge is -2.31. The van der Waals surface area contributed by atoms with E-state index in [1.54, 1.807) is 87.0 Å². The molecule has 0 aromatic heterocycles. The minimum atomic E-state index is -3.86. The van der Waals surface area contributed by atoms with Gasteiger partial charge in [-0.2, -0.15) is 0 Å². The van der Waals surface area contributed by atoms with Crippen LogP contribution in [0.15, 0.2) is 112 Å². The molecule has 52 heavy (non-hydrogen) atoms. The highest BCUT2D eigenvalue weighted by Gasteiger charge is 2.54. The molecule has 0 radical (unpaired) electrons. The summed E-state index contributed by atoms with van der Waals surface area (Å²) in [6.07, 6.45) is -0.402. The summed E-state index contributed by atoms with van der Waals surface area (Å²) in [5.41, 5.74) is 9.92. The number of benzene rings is 4. The molecular weight excluding hydrogens is 687 g/mol. The molecule has 5 rings (SSSR count). The minimum absolute atomic E-state index is 0.00367. The van der Waals surface area contributed by atoms with Crippen molar-refractivity contribution in [3.63, 3.8) is 0 Å². The minimum Gasteiger partial charge on any atom is -0.494 e. The number of nitrogens with zero attached hydrogens (tertiary/aromatic N) is 4. The van der Waals surface area contributed by atoms with Crippen molar-refractivity contribution in [1.82, 2.24) is 5.32 Å². The third-order valence-corrected chi connectivity index (χ3v) is 10.4. The number of hydrogen-bond donors (Lipinski definition) is 2. The molecule has 1 heterocycles. The molecule has 2 atom stereocenters. The maximum atomic E-state index is 14.7. The molecule has 1 aliphatic rings. The number of aliphatic hydroxyl groups is 1. The highest BCUT2D eigenvalue weighted by molar-refractivity contribution is 7.91. The first-order valence-electron chi connectivity index (χ1n) is 16.7. The zero-order chi connectivity index (χ0) is 37.0. The second-order valence-electron chi connectivity index (χ2n) is 12.0. The molecule has 1 aliphatic heterocycles. The lowest BCUT2D eigenvalue weighted by molar-refractivity contribution is -0.129. The van der Waals surface area contributed by atoms with Crippen LogP contribution in [0.3, 0.4) is 0 Å². The molecule has 0 spiro atoms. The van der Waals surface area contributed by atoms with Crippen LogP contribution in [0.25, 0.3) is 10.4 Å². The Bertz CT molecular complexity index is 2020. The van der Waals surface area contributed by atoms with Gasteiger partial charge < -0.3 is 29.4 Å². The summed E-state index contributed by atoms with van der Waals surface area (Å²) in [6, 6.07) is 27.6. The molecule has 14 heteroatoms. The van der Waals surface area contributed by atoms with Gasteiger partial charge in [-0.25, -0.2) is 13.4 Å². The van der Waals surface area contributed by atoms with Crippen molar-refractivity contribution in [1.29, 1.82) is 0 Å². The van der Waals surface area contributed by atoms with Gasteiger partial charge in [0.25, 0.3) is 5.91 Å². The van der Waals surface area contributed by atoms with Gasteiger partial charge in [-0.1, -0.05) is 53.6 Å². The molecule has 1 amide bonds. The van der Waals surface area contributed by atoms with Gasteiger partial charge >= 0.3 is 0 Å². The Kier molecular flexibility index (Phi) is 12.7. The second-order valence-corrected chi connectivity index (χ2v) is 14.1. The number of aliphatic hydroxyl groups excluding tert-OH is 1. The van der Waals surface area contributed by atoms with E-state index in [1.807, 2.05) is 12.1 Å². The molecule has 0 bridgehead atoms. The van der Waals surface area contributed by atoms with E-state index >= 15 is 0 Å². The highest BCUT2D eigenvalue weighted by Crippen LogP contribution is 2.44. The van der Waals surface area contributed by atoms with E-state index < -0.39 is 33.1 Å². The quantitative estimate of drug-likeness (QED) is 0.0562. The average molecular weight is 728 g/mol. The van der Waals surface area contributed by atoms with Gasteiger partial charge in [0.1, 0.15) is 5.75 Å². The molecule has 2 N–H and O–H groups in total. The maximum absolute atomic E-state index is 14.7. The van der Waals surface area contributed by atoms with Crippen LogP contribution < -0.4 is 19.5 Å². The van der Waals surface area contributed by atoms with Gasteiger partial charge in [0.2, 0.25) is 5.90 Å². The number of sulfone groups is 1. The van der Waals surface area contributed by atoms with Crippen molar-refractivity contribution in [2.45, 2.75) is 42.3 Å². The van der Waals surface area contributed by atoms with E-state index in [4.69, 9.17) is 34.6 Å². The Morgan fingerprint density at radius 1 is 1.00 bits per heavy atom. The van der Waals surface area contributed by atoms with Crippen molar-refractivity contribution in [3.8, 4) is 17.2 Å². The fourth-order valence-electron chi connectivity index (χ4n) is 5.93. The summed E-state index contributed by atoms with van der Waals surface area (Å²) < 4.78 is 50.4. The molecule has 272 valence electrons. The van der Waals surface area contributed by atoms with Gasteiger partial charge in [-0.05, 0) is 77.2 Å². The lowest BCUT2D eigenvalue weighted by Crippen LogP contribution is -2.50. The van der Waals surface area contributed by atoms with Crippen LogP contribution in [0.2, 0.25) is 0 Å². The van der Waals surface area contributed by atoms with Crippen LogP contribution in [0.1, 0.15) is 41.2 Å². The summed E-state index contributed by atoms with van der Waals surface area (Å²) in [6.45, 7) is 0.504. The predicted molar refractivity (Wildman–Crippen MR) is 195 cm³/mol. The van der Waals surface area contributed by atoms with Crippen LogP contribution in [0.4, 0.5) is 0 Å². The van der Waals surface area contributed by atoms with Gasteiger partial charge in [0.05, 0.1) is 38.0 Å². The molecular formula is C38H41N5O8S. The molecule has 4 aromatic rings. The van der Waals surface area contributed by atoms with Crippen LogP contribution in [0, 0.1) is 0 Å². The first-order chi connectivity index (χ1) is 25.2. The van der Waals surface area contributed by atoms with Gasteiger partial charge in [0, 0.05) is 36.5 Å². The first kappa shape index (κ1) is 37.7. The SMILES string of the molecule is COc1ccc(CCNC(=O)[C@]2(CCS(=O)(=O)c3ccccc3)N=C(c3ccc(OCCCO)cc3)O[C@@H]2c2ccccc2CN=[N+]=[N-])cc1OC. The van der Waals surface area contributed by atoms with Crippen molar-refractivity contribution in [3.05, 3.63) is 130 Å². The Hall–Kier alpha value is -5.56. The number of nitrogens with one attached hydrogen (secondary N) is 1. The number of azide groups is 1. The van der Waals surface area contributed by atoms with E-state index in [0.717, 1.165) is 5.56 Å². The summed E-state index contributed by atoms with van der Waals surface area (Å²) in [4.78, 5) is 22.7. The molecule has 0 unspecified atom stereocenters. The monoisotopic (exact) mass is 727 g/mol. The molecule has 0 fully saturated rings. The summed E-state index contributed by atoms with van der Waals surface area (Å²) in [7, 11) is -0.760. The molecule has 0 aliphatic carbocycles. The molecule has 0 saturated heterocycles. The summed E-state index contributed by atoms with van der Waals surface area (Å²) >= 11 is 0. The Balaban J connectivity index is 1.55. The maximum Gasteiger partial charge on any atom is 0.252 e. The smallest absolute Gasteiger partial charge is 0.252 e. The van der Waals surface area contributed by atoms with Crippen molar-refractivity contribution in [2.75, 3.05) is 39.7 Å². The number of hydrogen-bond acceptors (Lipinski definition) is 10. The standard InChI is InChI=1S/C38H41N5O8S/c1-48-33-18-13-27(25-34(33)49-2)19-21-40-37(45)38(20-24-52(46,47)31-10-4-3-5-11-31)35(32-12-7-6-9-29(32)26-41-43-39)51-36(42-38)28-14-16-30(17-15-28)50-23-8-22-44/h3-7,9-18,25,35,44H,8,19-24,26H2,1-2H3,(H,40,45)/t35-,38-/m1/s1. The topological polar surface area (TPSA) is 182 Å². The Labute approximate surface area is 302 Å². The van der Waals surface area contributed by atoms with E-state index in [1.165, 1.54) is 12.1 Å². The zero-order valence-corrected chi connectivity index (χ0v) is 29.8. The Morgan fingerprint density at radius 3 is 2.44 bits per heavy atom. The summed E-state index contributed by atoms with van der Waals surface area (Å²) in [5, 5.41) is 15.9. The van der Waals surface area contributed by atoms with Gasteiger partial charge in [-0.3, -0.25) is 4.79 Å². The van der Waals surface area contributed by atoms with Crippen LogP contribution in [0.5, 0.6) is 17.2 Å². The van der Waals surface area contributed by atoms with Gasteiger partial charge in [-0.15, -0.1) is 0 Å². The number of carbonyl (C=O) groups is 1. The van der Waals surface area contributed by atoms with Crippen molar-refractivity contribution >= 4 is 21.6 Å². The van der Waals surface area contributed by atoms with E-state index in [2.05, 4.69) is 15.3 Å². The van der Waals surface area contributed by atoms with Crippen LogP contribution >= 0.6 is 0 Å². The largest absolute Gasteiger partial charge is 0.494 e. The normalized spacial score (nSPS) is 16.6. The zero-order valence-electron chi connectivity index (χ0n) is 29.0. The summed E-state index contributed by atoms with van der Waals surface area (Å²) in [5.74, 6) is 0.892. The number of amides is 1. The number of carbonyl (C=O) groups excluding carboxylic acids is 1. The average Bonchev–Trinajstić information content (AvgIpc) is 3.57. The van der Waals surface area contributed by atoms with E-state index in [-0.39, 0.29) is 36.9 Å². The Morgan fingerprint density at radius 2 is 1.73 bits per heavy atom. The lowest BCUT2D eigenvalue weighted by atomic mass is 9.83. The molecule has 13 nitrogen and oxygen atoms in total. The van der Waals surface area contributed by atoms with Crippen LogP contribution in [-0.4, -0.2) is 70.6 Å². The predicted octanol–water partition coefficient (Wildman–Crippen LogP) is 5.76. The fraction of sp³-hybridized carbons (Fsp3) is 0.316. The van der Waals surface area contributed by atoms with Crippen molar-refractivity contribution in [2.24, 2.45) is 10.1 Å². The number of aliphatic imine (C=N–C) groups is 1. The number of rotatable bonds is 18. The second kappa shape index (κ2) is 17.6. The number of methoxy groups -OCH3 is 2. The van der Waals surface area contributed by atoms with Crippen LogP contribution in [-0.2, 0) is 32.3 Å². The third-order valence-electron chi connectivity index (χ3n) is 8.67. The first-order valence-corrected chi connectivity index (χ1v) is 18.4. The molecule has 4 aromatic carbocycles. The fourth-order valence-corrected chi connectivity index (χ4v) is 7.32.